The molecular formula is C20H16ClN3O4S. The lowest BCUT2D eigenvalue weighted by Gasteiger charge is -2.10. The van der Waals surface area contributed by atoms with Gasteiger partial charge in [0.25, 0.3) is 11.6 Å². The molecule has 1 aliphatic rings. The molecule has 9 heteroatoms. The van der Waals surface area contributed by atoms with Gasteiger partial charge in [0.15, 0.2) is 0 Å². The van der Waals surface area contributed by atoms with Crippen molar-refractivity contribution in [2.45, 2.75) is 25.7 Å². The summed E-state index contributed by atoms with van der Waals surface area (Å²) in [4.78, 5) is 28.1. The highest BCUT2D eigenvalue weighted by Crippen LogP contribution is 2.39. The number of halogens is 1. The molecule has 148 valence electrons. The number of amides is 1. The Morgan fingerprint density at radius 3 is 2.83 bits per heavy atom. The van der Waals surface area contributed by atoms with E-state index in [4.69, 9.17) is 21.8 Å². The first-order chi connectivity index (χ1) is 13.9. The standard InChI is InChI=1S/C20H16ClN3O4S/c21-14-7-5-11(9-15(14)24(26)27)16-8-6-12(28-16)10-23-20-18(19(22)25)13-3-1-2-4-17(13)29-20/h5-10H,1-4H2,(H2,22,25). The van der Waals surface area contributed by atoms with Crippen molar-refractivity contribution in [3.8, 4) is 11.3 Å². The highest BCUT2D eigenvalue weighted by molar-refractivity contribution is 7.16. The van der Waals surface area contributed by atoms with Gasteiger partial charge in [0.2, 0.25) is 0 Å². The van der Waals surface area contributed by atoms with Crippen molar-refractivity contribution >= 4 is 45.7 Å². The van der Waals surface area contributed by atoms with E-state index in [9.17, 15) is 14.9 Å². The first-order valence-electron chi connectivity index (χ1n) is 8.96. The smallest absolute Gasteiger partial charge is 0.288 e. The Kier molecular flexibility index (Phi) is 5.21. The lowest BCUT2D eigenvalue weighted by molar-refractivity contribution is -0.384. The number of fused-ring (bicyclic) bond motifs is 1. The van der Waals surface area contributed by atoms with E-state index in [1.807, 2.05) is 0 Å². The van der Waals surface area contributed by atoms with Crippen molar-refractivity contribution in [3.63, 3.8) is 0 Å². The van der Waals surface area contributed by atoms with Crippen LogP contribution < -0.4 is 5.73 Å². The third kappa shape index (κ3) is 3.81. The van der Waals surface area contributed by atoms with Crippen molar-refractivity contribution in [1.82, 2.24) is 0 Å². The fraction of sp³-hybridized carbons (Fsp3) is 0.200. The number of benzene rings is 1. The van der Waals surface area contributed by atoms with E-state index < -0.39 is 10.8 Å². The summed E-state index contributed by atoms with van der Waals surface area (Å²) in [5.74, 6) is 0.441. The van der Waals surface area contributed by atoms with Crippen LogP contribution in [-0.2, 0) is 12.8 Å². The molecule has 0 bridgehead atoms. The van der Waals surface area contributed by atoms with Gasteiger partial charge in [-0.3, -0.25) is 14.9 Å². The number of aryl methyl sites for hydroxylation is 1. The third-order valence-electron chi connectivity index (χ3n) is 4.76. The average Bonchev–Trinajstić information content (AvgIpc) is 3.30. The van der Waals surface area contributed by atoms with Crippen LogP contribution >= 0.6 is 22.9 Å². The van der Waals surface area contributed by atoms with E-state index in [1.165, 1.54) is 34.6 Å². The van der Waals surface area contributed by atoms with Crippen LogP contribution in [0, 0.1) is 10.1 Å². The van der Waals surface area contributed by atoms with E-state index >= 15 is 0 Å². The van der Waals surface area contributed by atoms with Gasteiger partial charge in [-0.25, -0.2) is 4.99 Å². The number of nitro benzene ring substituents is 1. The van der Waals surface area contributed by atoms with Gasteiger partial charge in [0.05, 0.1) is 16.7 Å². The highest BCUT2D eigenvalue weighted by atomic mass is 35.5. The Morgan fingerprint density at radius 1 is 1.28 bits per heavy atom. The molecule has 4 rings (SSSR count). The number of nitrogens with two attached hydrogens (primary N) is 1. The highest BCUT2D eigenvalue weighted by Gasteiger charge is 2.23. The molecule has 0 spiro atoms. The molecule has 0 aliphatic heterocycles. The van der Waals surface area contributed by atoms with Gasteiger partial charge in [0.1, 0.15) is 21.5 Å². The van der Waals surface area contributed by atoms with Crippen LogP contribution in [0.1, 0.15) is 39.4 Å². The Bertz CT molecular complexity index is 1150. The minimum Gasteiger partial charge on any atom is -0.455 e. The summed E-state index contributed by atoms with van der Waals surface area (Å²) in [5.41, 5.74) is 7.45. The van der Waals surface area contributed by atoms with Crippen molar-refractivity contribution in [2.24, 2.45) is 10.7 Å². The number of hydrogen-bond donors (Lipinski definition) is 1. The molecule has 1 aromatic carbocycles. The van der Waals surface area contributed by atoms with Crippen molar-refractivity contribution < 1.29 is 14.1 Å². The SMILES string of the molecule is NC(=O)c1c(N=Cc2ccc(-c3ccc(Cl)c([N+](=O)[O-])c3)o2)sc2c1CCCC2. The van der Waals surface area contributed by atoms with Gasteiger partial charge in [-0.15, -0.1) is 11.3 Å². The summed E-state index contributed by atoms with van der Waals surface area (Å²) in [7, 11) is 0. The Hall–Kier alpha value is -2.97. The normalized spacial score (nSPS) is 13.6. The van der Waals surface area contributed by atoms with Gasteiger partial charge in [0, 0.05) is 16.5 Å². The van der Waals surface area contributed by atoms with E-state index in [2.05, 4.69) is 4.99 Å². The second-order valence-corrected chi connectivity index (χ2v) is 8.13. The van der Waals surface area contributed by atoms with Crippen molar-refractivity contribution in [3.05, 3.63) is 67.2 Å². The van der Waals surface area contributed by atoms with Crippen LogP contribution in [0.25, 0.3) is 11.3 Å². The number of nitrogens with zero attached hydrogens (tertiary/aromatic N) is 2. The Balaban J connectivity index is 1.63. The zero-order valence-electron chi connectivity index (χ0n) is 15.2. The lowest BCUT2D eigenvalue weighted by Crippen LogP contribution is -2.14. The predicted molar refractivity (Wildman–Crippen MR) is 113 cm³/mol. The summed E-state index contributed by atoms with van der Waals surface area (Å²) < 4.78 is 5.74. The minimum absolute atomic E-state index is 0.0627. The van der Waals surface area contributed by atoms with Crippen LogP contribution in [0.4, 0.5) is 10.7 Å². The number of aliphatic imine (C=N–C) groups is 1. The predicted octanol–water partition coefficient (Wildman–Crippen LogP) is 5.30. The van der Waals surface area contributed by atoms with E-state index in [0.29, 0.717) is 27.6 Å². The van der Waals surface area contributed by atoms with Crippen LogP contribution in [-0.4, -0.2) is 17.0 Å². The first-order valence-corrected chi connectivity index (χ1v) is 10.2. The van der Waals surface area contributed by atoms with Crippen LogP contribution in [0.3, 0.4) is 0 Å². The number of carbonyl (C=O) groups excluding carboxylic acids is 1. The molecule has 0 saturated heterocycles. The summed E-state index contributed by atoms with van der Waals surface area (Å²) in [6.07, 6.45) is 5.46. The average molecular weight is 430 g/mol. The zero-order valence-corrected chi connectivity index (χ0v) is 16.8. The molecule has 7 nitrogen and oxygen atoms in total. The number of hydrogen-bond acceptors (Lipinski definition) is 6. The maximum atomic E-state index is 11.9. The molecule has 2 heterocycles. The third-order valence-corrected chi connectivity index (χ3v) is 6.28. The molecular weight excluding hydrogens is 414 g/mol. The fourth-order valence-electron chi connectivity index (χ4n) is 3.40. The largest absolute Gasteiger partial charge is 0.455 e. The molecule has 3 aromatic rings. The van der Waals surface area contributed by atoms with Gasteiger partial charge in [-0.2, -0.15) is 0 Å². The molecule has 0 radical (unpaired) electrons. The molecule has 2 aromatic heterocycles. The molecule has 0 fully saturated rings. The van der Waals surface area contributed by atoms with Crippen LogP contribution in [0.15, 0.2) is 39.7 Å². The molecule has 2 N–H and O–H groups in total. The second kappa shape index (κ2) is 7.81. The maximum absolute atomic E-state index is 11.9. The Morgan fingerprint density at radius 2 is 2.07 bits per heavy atom. The summed E-state index contributed by atoms with van der Waals surface area (Å²) in [6.45, 7) is 0. The number of furan rings is 1. The van der Waals surface area contributed by atoms with Crippen molar-refractivity contribution in [1.29, 1.82) is 0 Å². The van der Waals surface area contributed by atoms with E-state index in [1.54, 1.807) is 18.2 Å². The number of rotatable bonds is 5. The fourth-order valence-corrected chi connectivity index (χ4v) is 4.83. The molecule has 1 amide bonds. The quantitative estimate of drug-likeness (QED) is 0.337. The first kappa shape index (κ1) is 19.4. The van der Waals surface area contributed by atoms with E-state index in [-0.39, 0.29) is 10.7 Å². The molecule has 1 aliphatic carbocycles. The molecule has 0 atom stereocenters. The lowest BCUT2D eigenvalue weighted by atomic mass is 9.95. The van der Waals surface area contributed by atoms with Crippen LogP contribution in [0.5, 0.6) is 0 Å². The molecule has 29 heavy (non-hydrogen) atoms. The number of carbonyl (C=O) groups is 1. The monoisotopic (exact) mass is 429 g/mol. The van der Waals surface area contributed by atoms with Gasteiger partial charge in [-0.1, -0.05) is 11.6 Å². The summed E-state index contributed by atoms with van der Waals surface area (Å²) in [5, 5.41) is 11.7. The van der Waals surface area contributed by atoms with Gasteiger partial charge >= 0.3 is 0 Å². The van der Waals surface area contributed by atoms with Crippen LogP contribution in [0.2, 0.25) is 5.02 Å². The van der Waals surface area contributed by atoms with Crippen molar-refractivity contribution in [2.75, 3.05) is 0 Å². The van der Waals surface area contributed by atoms with Gasteiger partial charge in [-0.05, 0) is 55.5 Å². The Labute approximate surface area is 175 Å². The topological polar surface area (TPSA) is 112 Å². The summed E-state index contributed by atoms with van der Waals surface area (Å²) in [6, 6.07) is 7.87. The van der Waals surface area contributed by atoms with Gasteiger partial charge < -0.3 is 10.2 Å². The summed E-state index contributed by atoms with van der Waals surface area (Å²) >= 11 is 7.34. The zero-order chi connectivity index (χ0) is 20.5. The maximum Gasteiger partial charge on any atom is 0.288 e. The number of nitro groups is 1. The molecule has 0 saturated carbocycles. The van der Waals surface area contributed by atoms with E-state index in [0.717, 1.165) is 31.2 Å². The second-order valence-electron chi connectivity index (χ2n) is 6.64. The number of primary amides is 1. The molecule has 0 unspecified atom stereocenters. The minimum atomic E-state index is -0.541. The number of thiophene rings is 1.